The van der Waals surface area contributed by atoms with Crippen molar-refractivity contribution < 1.29 is 14.3 Å². The second-order valence-electron chi connectivity index (χ2n) is 5.63. The van der Waals surface area contributed by atoms with Crippen LogP contribution in [0.5, 0.6) is 11.5 Å². The number of methoxy groups -OCH3 is 2. The SMILES string of the molecule is COc1cc(I)c(C(=O)N2CCCN(c3nccs3)CC2)cc1OC. The summed E-state index contributed by atoms with van der Waals surface area (Å²) in [6, 6.07) is 3.61. The van der Waals surface area contributed by atoms with Gasteiger partial charge in [0.15, 0.2) is 16.6 Å². The van der Waals surface area contributed by atoms with Gasteiger partial charge in [0.1, 0.15) is 0 Å². The van der Waals surface area contributed by atoms with Gasteiger partial charge in [0.25, 0.3) is 5.91 Å². The van der Waals surface area contributed by atoms with E-state index in [4.69, 9.17) is 9.47 Å². The van der Waals surface area contributed by atoms with Crippen LogP contribution in [0, 0.1) is 3.57 Å². The fourth-order valence-corrected chi connectivity index (χ4v) is 4.24. The first-order valence-electron chi connectivity index (χ1n) is 7.99. The summed E-state index contributed by atoms with van der Waals surface area (Å²) >= 11 is 3.81. The maximum atomic E-state index is 13.0. The third-order valence-electron chi connectivity index (χ3n) is 4.18. The number of amides is 1. The summed E-state index contributed by atoms with van der Waals surface area (Å²) in [4.78, 5) is 21.6. The highest BCUT2D eigenvalue weighted by atomic mass is 127. The molecule has 1 fully saturated rings. The van der Waals surface area contributed by atoms with Crippen LogP contribution < -0.4 is 14.4 Å². The van der Waals surface area contributed by atoms with Crippen LogP contribution in [-0.4, -0.2) is 56.2 Å². The number of benzene rings is 1. The zero-order valence-electron chi connectivity index (χ0n) is 14.2. The molecule has 134 valence electrons. The van der Waals surface area contributed by atoms with E-state index in [-0.39, 0.29) is 5.91 Å². The number of carbonyl (C=O) groups is 1. The van der Waals surface area contributed by atoms with Gasteiger partial charge in [-0.25, -0.2) is 4.98 Å². The second-order valence-corrected chi connectivity index (χ2v) is 7.67. The predicted octanol–water partition coefficient (Wildman–Crippen LogP) is 3.12. The van der Waals surface area contributed by atoms with Crippen LogP contribution in [0.1, 0.15) is 16.8 Å². The van der Waals surface area contributed by atoms with E-state index in [0.717, 1.165) is 34.8 Å². The van der Waals surface area contributed by atoms with Crippen molar-refractivity contribution in [3.8, 4) is 11.5 Å². The number of hydrogen-bond donors (Lipinski definition) is 0. The third-order valence-corrected chi connectivity index (χ3v) is 5.90. The Balaban J connectivity index is 1.77. The summed E-state index contributed by atoms with van der Waals surface area (Å²) in [6.45, 7) is 3.14. The minimum atomic E-state index is 0.0336. The molecule has 1 aliphatic heterocycles. The van der Waals surface area contributed by atoms with Crippen LogP contribution in [0.2, 0.25) is 0 Å². The van der Waals surface area contributed by atoms with Crippen molar-refractivity contribution in [2.24, 2.45) is 0 Å². The summed E-state index contributed by atoms with van der Waals surface area (Å²) in [5.41, 5.74) is 0.654. The molecule has 2 aromatic rings. The van der Waals surface area contributed by atoms with Gasteiger partial charge in [-0.05, 0) is 41.1 Å². The predicted molar refractivity (Wildman–Crippen MR) is 107 cm³/mol. The summed E-state index contributed by atoms with van der Waals surface area (Å²) in [5.74, 6) is 1.24. The smallest absolute Gasteiger partial charge is 0.255 e. The maximum absolute atomic E-state index is 13.0. The van der Waals surface area contributed by atoms with Crippen molar-refractivity contribution in [3.63, 3.8) is 0 Å². The molecule has 8 heteroatoms. The molecule has 6 nitrogen and oxygen atoms in total. The van der Waals surface area contributed by atoms with Crippen molar-refractivity contribution in [1.29, 1.82) is 0 Å². The van der Waals surface area contributed by atoms with Crippen molar-refractivity contribution in [1.82, 2.24) is 9.88 Å². The molecule has 0 aliphatic carbocycles. The molecule has 3 rings (SSSR count). The van der Waals surface area contributed by atoms with Gasteiger partial charge in [0.05, 0.1) is 19.8 Å². The van der Waals surface area contributed by atoms with Gasteiger partial charge in [-0.3, -0.25) is 4.79 Å². The lowest BCUT2D eigenvalue weighted by Crippen LogP contribution is -2.35. The van der Waals surface area contributed by atoms with E-state index in [0.29, 0.717) is 23.6 Å². The molecule has 1 saturated heterocycles. The zero-order valence-corrected chi connectivity index (χ0v) is 17.2. The van der Waals surface area contributed by atoms with Crippen molar-refractivity contribution in [3.05, 3.63) is 32.8 Å². The highest BCUT2D eigenvalue weighted by Gasteiger charge is 2.24. The van der Waals surface area contributed by atoms with Crippen molar-refractivity contribution >= 4 is 45.0 Å². The lowest BCUT2D eigenvalue weighted by Gasteiger charge is -2.22. The topological polar surface area (TPSA) is 54.9 Å². The van der Waals surface area contributed by atoms with Gasteiger partial charge in [-0.2, -0.15) is 0 Å². The standard InChI is InChI=1S/C17H20IN3O3S/c1-23-14-10-12(13(18)11-15(14)24-2)16(22)20-5-3-6-21(8-7-20)17-19-4-9-25-17/h4,9-11H,3,5-8H2,1-2H3. The van der Waals surface area contributed by atoms with Gasteiger partial charge in [0.2, 0.25) is 0 Å². The highest BCUT2D eigenvalue weighted by Crippen LogP contribution is 2.32. The van der Waals surface area contributed by atoms with Gasteiger partial charge in [-0.1, -0.05) is 0 Å². The van der Waals surface area contributed by atoms with Gasteiger partial charge in [0, 0.05) is 41.3 Å². The molecule has 0 spiro atoms. The Bertz CT molecular complexity index is 739. The minimum Gasteiger partial charge on any atom is -0.493 e. The molecule has 0 saturated carbocycles. The van der Waals surface area contributed by atoms with E-state index in [9.17, 15) is 4.79 Å². The Morgan fingerprint density at radius 2 is 1.92 bits per heavy atom. The summed E-state index contributed by atoms with van der Waals surface area (Å²) < 4.78 is 11.5. The van der Waals surface area contributed by atoms with E-state index in [1.54, 1.807) is 31.6 Å². The van der Waals surface area contributed by atoms with E-state index < -0.39 is 0 Å². The molecular formula is C17H20IN3O3S. The lowest BCUT2D eigenvalue weighted by molar-refractivity contribution is 0.0765. The van der Waals surface area contributed by atoms with Gasteiger partial charge in [-0.15, -0.1) is 11.3 Å². The Morgan fingerprint density at radius 3 is 2.60 bits per heavy atom. The van der Waals surface area contributed by atoms with Crippen LogP contribution in [0.3, 0.4) is 0 Å². The van der Waals surface area contributed by atoms with E-state index in [1.165, 1.54) is 0 Å². The Morgan fingerprint density at radius 1 is 1.16 bits per heavy atom. The molecule has 0 N–H and O–H groups in total. The first kappa shape index (κ1) is 18.2. The molecular weight excluding hydrogens is 453 g/mol. The average molecular weight is 473 g/mol. The number of thiazole rings is 1. The minimum absolute atomic E-state index is 0.0336. The lowest BCUT2D eigenvalue weighted by atomic mass is 10.1. The number of nitrogens with zero attached hydrogens (tertiary/aromatic N) is 3. The summed E-state index contributed by atoms with van der Waals surface area (Å²) in [5, 5.41) is 3.00. The van der Waals surface area contributed by atoms with Crippen LogP contribution >= 0.6 is 33.9 Å². The Hall–Kier alpha value is -1.55. The average Bonchev–Trinajstić information content (AvgIpc) is 3.05. The maximum Gasteiger partial charge on any atom is 0.255 e. The fraction of sp³-hybridized carbons (Fsp3) is 0.412. The first-order chi connectivity index (χ1) is 12.1. The largest absolute Gasteiger partial charge is 0.493 e. The number of hydrogen-bond acceptors (Lipinski definition) is 6. The van der Waals surface area contributed by atoms with Crippen molar-refractivity contribution in [2.45, 2.75) is 6.42 Å². The molecule has 1 aliphatic rings. The summed E-state index contributed by atoms with van der Waals surface area (Å²) in [6.07, 6.45) is 2.75. The number of halogens is 1. The van der Waals surface area contributed by atoms with Gasteiger partial charge >= 0.3 is 0 Å². The summed E-state index contributed by atoms with van der Waals surface area (Å²) in [7, 11) is 3.17. The molecule has 1 aromatic carbocycles. The molecule has 0 atom stereocenters. The molecule has 0 unspecified atom stereocenters. The molecule has 0 bridgehead atoms. The number of rotatable bonds is 4. The number of carbonyl (C=O) groups excluding carboxylic acids is 1. The van der Waals surface area contributed by atoms with Crippen LogP contribution in [-0.2, 0) is 0 Å². The van der Waals surface area contributed by atoms with Crippen LogP contribution in [0.4, 0.5) is 5.13 Å². The zero-order chi connectivity index (χ0) is 17.8. The van der Waals surface area contributed by atoms with Gasteiger partial charge < -0.3 is 19.3 Å². The van der Waals surface area contributed by atoms with Crippen molar-refractivity contribution in [2.75, 3.05) is 45.3 Å². The van der Waals surface area contributed by atoms with E-state index in [1.807, 2.05) is 22.5 Å². The Kier molecular flexibility index (Phi) is 6.00. The first-order valence-corrected chi connectivity index (χ1v) is 9.95. The fourth-order valence-electron chi connectivity index (χ4n) is 2.87. The molecule has 1 aromatic heterocycles. The number of aromatic nitrogens is 1. The highest BCUT2D eigenvalue weighted by molar-refractivity contribution is 14.1. The number of ether oxygens (including phenoxy) is 2. The molecule has 25 heavy (non-hydrogen) atoms. The Labute approximate surface area is 164 Å². The van der Waals surface area contributed by atoms with Crippen LogP contribution in [0.25, 0.3) is 0 Å². The van der Waals surface area contributed by atoms with E-state index >= 15 is 0 Å². The monoisotopic (exact) mass is 473 g/mol. The second kappa shape index (κ2) is 8.22. The normalized spacial score (nSPS) is 15.0. The van der Waals surface area contributed by atoms with E-state index in [2.05, 4.69) is 32.5 Å². The molecule has 2 heterocycles. The number of anilines is 1. The molecule has 0 radical (unpaired) electrons. The van der Waals surface area contributed by atoms with Crippen LogP contribution in [0.15, 0.2) is 23.7 Å². The molecule has 1 amide bonds. The quantitative estimate of drug-likeness (QED) is 0.639. The third kappa shape index (κ3) is 4.00.